The summed E-state index contributed by atoms with van der Waals surface area (Å²) >= 11 is 1.64. The second-order valence-corrected chi connectivity index (χ2v) is 5.50. The van der Waals surface area contributed by atoms with E-state index in [9.17, 15) is 0 Å². The molecule has 0 aliphatic carbocycles. The number of nitrogens with zero attached hydrogens (tertiary/aromatic N) is 2. The van der Waals surface area contributed by atoms with Gasteiger partial charge in [0.15, 0.2) is 5.13 Å². The van der Waals surface area contributed by atoms with Crippen molar-refractivity contribution in [3.63, 3.8) is 0 Å². The molecule has 2 aromatic rings. The van der Waals surface area contributed by atoms with E-state index in [1.807, 2.05) is 30.5 Å². The van der Waals surface area contributed by atoms with Crippen LogP contribution in [0.4, 0.5) is 10.8 Å². The first-order chi connectivity index (χ1) is 9.25. The van der Waals surface area contributed by atoms with Gasteiger partial charge in [0.25, 0.3) is 0 Å². The van der Waals surface area contributed by atoms with Crippen LogP contribution in [-0.4, -0.2) is 18.1 Å². The van der Waals surface area contributed by atoms with Gasteiger partial charge in [-0.15, -0.1) is 11.3 Å². The van der Waals surface area contributed by atoms with E-state index in [0.29, 0.717) is 0 Å². The van der Waals surface area contributed by atoms with Gasteiger partial charge in [-0.25, -0.2) is 4.98 Å². The van der Waals surface area contributed by atoms with Crippen molar-refractivity contribution in [1.29, 1.82) is 0 Å². The van der Waals surface area contributed by atoms with Crippen molar-refractivity contribution in [1.82, 2.24) is 4.98 Å². The van der Waals surface area contributed by atoms with Crippen molar-refractivity contribution < 1.29 is 4.74 Å². The van der Waals surface area contributed by atoms with E-state index in [4.69, 9.17) is 10.5 Å². The highest BCUT2D eigenvalue weighted by Crippen LogP contribution is 2.37. The van der Waals surface area contributed by atoms with Crippen LogP contribution in [0, 0.1) is 0 Å². The molecule has 1 atom stereocenters. The number of para-hydroxylation sites is 2. The quantitative estimate of drug-likeness (QED) is 0.915. The molecule has 2 N–H and O–H groups in total. The number of hydrogen-bond donors (Lipinski definition) is 1. The Morgan fingerprint density at radius 2 is 2.26 bits per heavy atom. The van der Waals surface area contributed by atoms with Crippen LogP contribution in [0.3, 0.4) is 0 Å². The van der Waals surface area contributed by atoms with Crippen molar-refractivity contribution in [2.45, 2.75) is 19.4 Å². The SMILES string of the molecule is CC(N)c1csc(N2CCCOc3ccccc32)n1. The van der Waals surface area contributed by atoms with Crippen LogP contribution < -0.4 is 15.4 Å². The summed E-state index contributed by atoms with van der Waals surface area (Å²) < 4.78 is 5.76. The first kappa shape index (κ1) is 12.4. The zero-order chi connectivity index (χ0) is 13.2. The molecule has 0 saturated carbocycles. The Kier molecular flexibility index (Phi) is 3.40. The lowest BCUT2D eigenvalue weighted by Gasteiger charge is -2.20. The molecule has 3 rings (SSSR count). The third kappa shape index (κ3) is 2.43. The van der Waals surface area contributed by atoms with Crippen LogP contribution in [0.15, 0.2) is 29.6 Å². The number of thiazole rings is 1. The molecular formula is C14H17N3OS. The van der Waals surface area contributed by atoms with Gasteiger partial charge < -0.3 is 15.4 Å². The maximum absolute atomic E-state index is 5.88. The zero-order valence-corrected chi connectivity index (χ0v) is 11.7. The van der Waals surface area contributed by atoms with Gasteiger partial charge in [-0.05, 0) is 25.5 Å². The van der Waals surface area contributed by atoms with E-state index < -0.39 is 0 Å². The number of anilines is 2. The molecule has 19 heavy (non-hydrogen) atoms. The second-order valence-electron chi connectivity index (χ2n) is 4.66. The fourth-order valence-electron chi connectivity index (χ4n) is 2.14. The van der Waals surface area contributed by atoms with Crippen LogP contribution in [0.1, 0.15) is 25.1 Å². The molecule has 1 unspecified atom stereocenters. The van der Waals surface area contributed by atoms with E-state index >= 15 is 0 Å². The van der Waals surface area contributed by atoms with E-state index in [1.165, 1.54) is 0 Å². The normalized spacial score (nSPS) is 16.4. The Labute approximate surface area is 116 Å². The molecule has 0 bridgehead atoms. The number of aromatic nitrogens is 1. The van der Waals surface area contributed by atoms with Crippen LogP contribution in [0.25, 0.3) is 0 Å². The van der Waals surface area contributed by atoms with Crippen LogP contribution in [0.2, 0.25) is 0 Å². The number of ether oxygens (including phenoxy) is 1. The van der Waals surface area contributed by atoms with Crippen molar-refractivity contribution in [2.24, 2.45) is 5.73 Å². The maximum atomic E-state index is 5.88. The molecule has 1 aliphatic rings. The number of rotatable bonds is 2. The Morgan fingerprint density at radius 1 is 1.42 bits per heavy atom. The average molecular weight is 275 g/mol. The van der Waals surface area contributed by atoms with Gasteiger partial charge in [-0.2, -0.15) is 0 Å². The fourth-order valence-corrected chi connectivity index (χ4v) is 3.10. The van der Waals surface area contributed by atoms with Crippen LogP contribution >= 0.6 is 11.3 Å². The van der Waals surface area contributed by atoms with Crippen molar-refractivity contribution >= 4 is 22.2 Å². The molecule has 0 saturated heterocycles. The first-order valence-electron chi connectivity index (χ1n) is 6.46. The minimum absolute atomic E-state index is 0.0246. The standard InChI is InChI=1S/C14H17N3OS/c1-10(15)11-9-19-14(16-11)17-7-4-8-18-13-6-3-2-5-12(13)17/h2-3,5-6,9-10H,4,7-8,15H2,1H3. The van der Waals surface area contributed by atoms with Gasteiger partial charge in [0.1, 0.15) is 5.75 Å². The van der Waals surface area contributed by atoms with Gasteiger partial charge in [0.2, 0.25) is 0 Å². The molecular weight excluding hydrogens is 258 g/mol. The largest absolute Gasteiger partial charge is 0.491 e. The molecule has 0 amide bonds. The molecule has 1 aromatic heterocycles. The summed E-state index contributed by atoms with van der Waals surface area (Å²) in [6.45, 7) is 3.63. The number of benzene rings is 1. The van der Waals surface area contributed by atoms with E-state index in [0.717, 1.165) is 41.8 Å². The average Bonchev–Trinajstić information content (AvgIpc) is 2.80. The van der Waals surface area contributed by atoms with Crippen molar-refractivity contribution in [2.75, 3.05) is 18.1 Å². The number of fused-ring (bicyclic) bond motifs is 1. The Bertz CT molecular complexity index is 567. The summed E-state index contributed by atoms with van der Waals surface area (Å²) in [4.78, 5) is 6.86. The predicted molar refractivity (Wildman–Crippen MR) is 78.3 cm³/mol. The van der Waals surface area contributed by atoms with Crippen LogP contribution in [0.5, 0.6) is 5.75 Å². The zero-order valence-electron chi connectivity index (χ0n) is 10.9. The Balaban J connectivity index is 1.99. The molecule has 5 heteroatoms. The second kappa shape index (κ2) is 5.19. The molecule has 1 aliphatic heterocycles. The first-order valence-corrected chi connectivity index (χ1v) is 7.34. The fraction of sp³-hybridized carbons (Fsp3) is 0.357. The van der Waals surface area contributed by atoms with Crippen molar-refractivity contribution in [3.8, 4) is 5.75 Å². The van der Waals surface area contributed by atoms with Crippen LogP contribution in [-0.2, 0) is 0 Å². The van der Waals surface area contributed by atoms with Gasteiger partial charge in [-0.1, -0.05) is 12.1 Å². The third-order valence-corrected chi connectivity index (χ3v) is 4.03. The molecule has 100 valence electrons. The van der Waals surface area contributed by atoms with E-state index in [2.05, 4.69) is 16.0 Å². The highest BCUT2D eigenvalue weighted by Gasteiger charge is 2.20. The van der Waals surface area contributed by atoms with E-state index in [1.54, 1.807) is 11.3 Å². The molecule has 2 heterocycles. The Hall–Kier alpha value is -1.59. The molecule has 0 radical (unpaired) electrons. The lowest BCUT2D eigenvalue weighted by Crippen LogP contribution is -2.17. The topological polar surface area (TPSA) is 51.4 Å². The summed E-state index contributed by atoms with van der Waals surface area (Å²) in [5.41, 5.74) is 7.92. The predicted octanol–water partition coefficient (Wildman–Crippen LogP) is 3.08. The molecule has 4 nitrogen and oxygen atoms in total. The van der Waals surface area contributed by atoms with Gasteiger partial charge in [0.05, 0.1) is 18.0 Å². The summed E-state index contributed by atoms with van der Waals surface area (Å²) in [5, 5.41) is 3.03. The van der Waals surface area contributed by atoms with Gasteiger partial charge in [0, 0.05) is 18.0 Å². The molecule has 0 spiro atoms. The van der Waals surface area contributed by atoms with Gasteiger partial charge in [-0.3, -0.25) is 0 Å². The van der Waals surface area contributed by atoms with Gasteiger partial charge >= 0.3 is 0 Å². The lowest BCUT2D eigenvalue weighted by molar-refractivity contribution is 0.322. The van der Waals surface area contributed by atoms with Crippen molar-refractivity contribution in [3.05, 3.63) is 35.3 Å². The Morgan fingerprint density at radius 3 is 3.05 bits per heavy atom. The summed E-state index contributed by atoms with van der Waals surface area (Å²) in [6, 6.07) is 8.09. The summed E-state index contributed by atoms with van der Waals surface area (Å²) in [7, 11) is 0. The highest BCUT2D eigenvalue weighted by atomic mass is 32.1. The minimum atomic E-state index is -0.0246. The minimum Gasteiger partial charge on any atom is -0.491 e. The monoisotopic (exact) mass is 275 g/mol. The number of nitrogens with two attached hydrogens (primary N) is 1. The highest BCUT2D eigenvalue weighted by molar-refractivity contribution is 7.13. The third-order valence-electron chi connectivity index (χ3n) is 3.15. The summed E-state index contributed by atoms with van der Waals surface area (Å²) in [6.07, 6.45) is 0.988. The molecule has 0 fully saturated rings. The summed E-state index contributed by atoms with van der Waals surface area (Å²) in [5.74, 6) is 0.928. The lowest BCUT2D eigenvalue weighted by atomic mass is 10.2. The maximum Gasteiger partial charge on any atom is 0.190 e. The smallest absolute Gasteiger partial charge is 0.190 e. The molecule has 1 aromatic carbocycles. The number of hydrogen-bond acceptors (Lipinski definition) is 5. The van der Waals surface area contributed by atoms with E-state index in [-0.39, 0.29) is 6.04 Å².